The molecule has 0 aliphatic carbocycles. The van der Waals surface area contributed by atoms with E-state index in [0.717, 1.165) is 25.3 Å². The standard InChI is InChI=1S/C19H28FN5/c1-5-21-19(23-12-17-8-6-7-9-18(17)20)22-11-14(2)13-25-16(4)10-15(3)24-25/h6-10,14H,5,11-13H2,1-4H3,(H2,21,22,23). The van der Waals surface area contributed by atoms with Gasteiger partial charge in [-0.05, 0) is 38.8 Å². The second-order valence-electron chi connectivity index (χ2n) is 6.38. The molecule has 0 aliphatic rings. The number of guanidine groups is 1. The average molecular weight is 345 g/mol. The Labute approximate surface area is 149 Å². The van der Waals surface area contributed by atoms with E-state index in [4.69, 9.17) is 0 Å². The normalized spacial score (nSPS) is 12.9. The molecule has 1 atom stereocenters. The number of aromatic nitrogens is 2. The summed E-state index contributed by atoms with van der Waals surface area (Å²) in [6, 6.07) is 8.81. The van der Waals surface area contributed by atoms with Crippen LogP contribution >= 0.6 is 0 Å². The number of halogens is 1. The first-order chi connectivity index (χ1) is 12.0. The Bertz CT molecular complexity index is 708. The largest absolute Gasteiger partial charge is 0.357 e. The van der Waals surface area contributed by atoms with Crippen LogP contribution in [0, 0.1) is 25.6 Å². The highest BCUT2D eigenvalue weighted by atomic mass is 19.1. The van der Waals surface area contributed by atoms with Gasteiger partial charge in [0.05, 0.1) is 12.2 Å². The van der Waals surface area contributed by atoms with Crippen molar-refractivity contribution in [2.75, 3.05) is 13.1 Å². The molecule has 2 rings (SSSR count). The third-order valence-corrected chi connectivity index (χ3v) is 3.92. The van der Waals surface area contributed by atoms with Gasteiger partial charge in [-0.15, -0.1) is 0 Å². The number of aliphatic imine (C=N–C) groups is 1. The Balaban J connectivity index is 1.91. The van der Waals surface area contributed by atoms with Crippen molar-refractivity contribution in [3.63, 3.8) is 0 Å². The van der Waals surface area contributed by atoms with Crippen LogP contribution in [0.2, 0.25) is 0 Å². The number of hydrogen-bond acceptors (Lipinski definition) is 2. The van der Waals surface area contributed by atoms with E-state index in [1.54, 1.807) is 12.1 Å². The Morgan fingerprint density at radius 2 is 2.04 bits per heavy atom. The predicted molar refractivity (Wildman–Crippen MR) is 100 cm³/mol. The summed E-state index contributed by atoms with van der Waals surface area (Å²) in [5.74, 6) is 0.862. The van der Waals surface area contributed by atoms with Crippen molar-refractivity contribution in [1.29, 1.82) is 0 Å². The maximum Gasteiger partial charge on any atom is 0.191 e. The number of benzene rings is 1. The molecule has 1 aromatic carbocycles. The molecule has 0 radical (unpaired) electrons. The second kappa shape index (κ2) is 9.20. The highest BCUT2D eigenvalue weighted by Crippen LogP contribution is 2.08. The molecule has 6 heteroatoms. The number of nitrogens with one attached hydrogen (secondary N) is 2. The molecular formula is C19H28FN5. The summed E-state index contributed by atoms with van der Waals surface area (Å²) in [7, 11) is 0. The van der Waals surface area contributed by atoms with E-state index in [0.29, 0.717) is 24.0 Å². The highest BCUT2D eigenvalue weighted by molar-refractivity contribution is 5.79. The zero-order chi connectivity index (χ0) is 18.2. The summed E-state index contributed by atoms with van der Waals surface area (Å²) in [6.07, 6.45) is 0. The van der Waals surface area contributed by atoms with Crippen molar-refractivity contribution in [2.24, 2.45) is 10.9 Å². The van der Waals surface area contributed by atoms with E-state index in [-0.39, 0.29) is 5.82 Å². The van der Waals surface area contributed by atoms with Crippen LogP contribution in [0.3, 0.4) is 0 Å². The van der Waals surface area contributed by atoms with Gasteiger partial charge in [-0.25, -0.2) is 9.38 Å². The minimum absolute atomic E-state index is 0.222. The molecule has 25 heavy (non-hydrogen) atoms. The average Bonchev–Trinajstić information content (AvgIpc) is 2.88. The zero-order valence-electron chi connectivity index (χ0n) is 15.5. The minimum atomic E-state index is -0.222. The summed E-state index contributed by atoms with van der Waals surface area (Å²) in [4.78, 5) is 4.48. The third-order valence-electron chi connectivity index (χ3n) is 3.92. The maximum atomic E-state index is 13.7. The predicted octanol–water partition coefficient (Wildman–Crippen LogP) is 3.03. The Morgan fingerprint density at radius 3 is 2.68 bits per heavy atom. The molecule has 1 aromatic heterocycles. The van der Waals surface area contributed by atoms with Gasteiger partial charge in [-0.1, -0.05) is 25.1 Å². The third kappa shape index (κ3) is 5.89. The van der Waals surface area contributed by atoms with Crippen molar-refractivity contribution >= 4 is 5.96 Å². The van der Waals surface area contributed by atoms with E-state index in [1.165, 1.54) is 11.8 Å². The molecule has 5 nitrogen and oxygen atoms in total. The Hall–Kier alpha value is -2.37. The smallest absolute Gasteiger partial charge is 0.191 e. The van der Waals surface area contributed by atoms with Crippen molar-refractivity contribution in [3.05, 3.63) is 53.1 Å². The summed E-state index contributed by atoms with van der Waals surface area (Å²) < 4.78 is 15.7. The van der Waals surface area contributed by atoms with Crippen molar-refractivity contribution < 1.29 is 4.39 Å². The maximum absolute atomic E-state index is 13.7. The van der Waals surface area contributed by atoms with Gasteiger partial charge in [0.15, 0.2) is 5.96 Å². The van der Waals surface area contributed by atoms with Crippen LogP contribution in [0.5, 0.6) is 0 Å². The van der Waals surface area contributed by atoms with E-state index in [1.807, 2.05) is 24.6 Å². The molecule has 1 heterocycles. The fraction of sp³-hybridized carbons (Fsp3) is 0.474. The van der Waals surface area contributed by atoms with Crippen molar-refractivity contribution in [2.45, 2.75) is 40.8 Å². The molecule has 2 aromatic rings. The quantitative estimate of drug-likeness (QED) is 0.599. The molecule has 0 fully saturated rings. The highest BCUT2D eigenvalue weighted by Gasteiger charge is 2.08. The number of nitrogens with zero attached hydrogens (tertiary/aromatic N) is 3. The fourth-order valence-corrected chi connectivity index (χ4v) is 2.62. The molecule has 0 amide bonds. The Morgan fingerprint density at radius 1 is 1.28 bits per heavy atom. The van der Waals surface area contributed by atoms with Crippen LogP contribution in [0.25, 0.3) is 0 Å². The van der Waals surface area contributed by atoms with Crippen LogP contribution in [-0.4, -0.2) is 28.8 Å². The van der Waals surface area contributed by atoms with Gasteiger partial charge in [0.1, 0.15) is 5.82 Å². The van der Waals surface area contributed by atoms with Gasteiger partial charge in [0.25, 0.3) is 0 Å². The number of rotatable bonds is 7. The summed E-state index contributed by atoms with van der Waals surface area (Å²) in [5, 5.41) is 11.0. The molecule has 0 saturated carbocycles. The molecule has 0 aliphatic heterocycles. The summed E-state index contributed by atoms with van der Waals surface area (Å²) in [5.41, 5.74) is 2.80. The van der Waals surface area contributed by atoms with Crippen LogP contribution < -0.4 is 10.6 Å². The van der Waals surface area contributed by atoms with Gasteiger partial charge in [0, 0.05) is 30.9 Å². The molecule has 136 valence electrons. The van der Waals surface area contributed by atoms with Crippen LogP contribution in [-0.2, 0) is 13.1 Å². The van der Waals surface area contributed by atoms with Gasteiger partial charge in [0.2, 0.25) is 0 Å². The minimum Gasteiger partial charge on any atom is -0.357 e. The molecular weight excluding hydrogens is 317 g/mol. The zero-order valence-corrected chi connectivity index (χ0v) is 15.5. The number of hydrogen-bond donors (Lipinski definition) is 2. The van der Waals surface area contributed by atoms with Crippen molar-refractivity contribution in [1.82, 2.24) is 20.4 Å². The van der Waals surface area contributed by atoms with E-state index in [2.05, 4.69) is 40.6 Å². The van der Waals surface area contributed by atoms with E-state index in [9.17, 15) is 4.39 Å². The monoisotopic (exact) mass is 345 g/mol. The molecule has 0 spiro atoms. The summed E-state index contributed by atoms with van der Waals surface area (Å²) in [6.45, 7) is 10.9. The van der Waals surface area contributed by atoms with Gasteiger partial charge in [-0.2, -0.15) is 5.10 Å². The molecule has 0 saturated heterocycles. The summed E-state index contributed by atoms with van der Waals surface area (Å²) >= 11 is 0. The first-order valence-electron chi connectivity index (χ1n) is 8.76. The number of aryl methyl sites for hydroxylation is 2. The first kappa shape index (κ1) is 19.0. The lowest BCUT2D eigenvalue weighted by atomic mass is 10.2. The van der Waals surface area contributed by atoms with E-state index < -0.39 is 0 Å². The first-order valence-corrected chi connectivity index (χ1v) is 8.76. The second-order valence-corrected chi connectivity index (χ2v) is 6.38. The van der Waals surface area contributed by atoms with Crippen LogP contribution in [0.4, 0.5) is 4.39 Å². The molecule has 1 unspecified atom stereocenters. The van der Waals surface area contributed by atoms with Crippen molar-refractivity contribution in [3.8, 4) is 0 Å². The fourth-order valence-electron chi connectivity index (χ4n) is 2.62. The Kier molecular flexibility index (Phi) is 6.98. The van der Waals surface area contributed by atoms with Gasteiger partial charge < -0.3 is 10.6 Å². The lowest BCUT2D eigenvalue weighted by Crippen LogP contribution is -2.40. The molecule has 0 bridgehead atoms. The SMILES string of the molecule is CCNC(=NCc1ccccc1F)NCC(C)Cn1nc(C)cc1C. The lowest BCUT2D eigenvalue weighted by Gasteiger charge is -2.16. The van der Waals surface area contributed by atoms with Gasteiger partial charge >= 0.3 is 0 Å². The van der Waals surface area contributed by atoms with Gasteiger partial charge in [-0.3, -0.25) is 4.68 Å². The molecule has 2 N–H and O–H groups in total. The van der Waals surface area contributed by atoms with E-state index >= 15 is 0 Å². The lowest BCUT2D eigenvalue weighted by molar-refractivity contribution is 0.436. The topological polar surface area (TPSA) is 54.2 Å². The van der Waals surface area contributed by atoms with Crippen LogP contribution in [0.1, 0.15) is 30.8 Å². The van der Waals surface area contributed by atoms with Crippen LogP contribution in [0.15, 0.2) is 35.3 Å².